The zero-order valence-corrected chi connectivity index (χ0v) is 13.7. The minimum Gasteiger partial charge on any atom is -0.278 e. The second-order valence-electron chi connectivity index (χ2n) is 5.66. The molecule has 0 aliphatic carbocycles. The zero-order valence-electron chi connectivity index (χ0n) is 12.9. The van der Waals surface area contributed by atoms with Crippen molar-refractivity contribution in [1.82, 2.24) is 20.2 Å². The van der Waals surface area contributed by atoms with Gasteiger partial charge >= 0.3 is 0 Å². The predicted molar refractivity (Wildman–Crippen MR) is 96.0 cm³/mol. The van der Waals surface area contributed by atoms with Gasteiger partial charge in [0.1, 0.15) is 5.15 Å². The molecule has 0 bridgehead atoms. The van der Waals surface area contributed by atoms with Crippen LogP contribution in [0.3, 0.4) is 0 Å². The van der Waals surface area contributed by atoms with Gasteiger partial charge in [-0.15, -0.1) is 0 Å². The van der Waals surface area contributed by atoms with E-state index in [0.29, 0.717) is 5.15 Å². The number of aromatic amines is 1. The zero-order chi connectivity index (χ0) is 16.4. The van der Waals surface area contributed by atoms with Crippen LogP contribution in [0.25, 0.3) is 22.0 Å². The maximum absolute atomic E-state index is 5.82. The third kappa shape index (κ3) is 3.01. The lowest BCUT2D eigenvalue weighted by Gasteiger charge is -2.02. The average Bonchev–Trinajstić information content (AvgIpc) is 3.04. The molecule has 4 nitrogen and oxygen atoms in total. The Bertz CT molecular complexity index is 962. The van der Waals surface area contributed by atoms with Gasteiger partial charge in [0.15, 0.2) is 0 Å². The highest BCUT2D eigenvalue weighted by molar-refractivity contribution is 6.29. The third-order valence-corrected chi connectivity index (χ3v) is 4.32. The SMILES string of the molecule is Clc1ccc(CCc2n[nH]c3cc(-c4ccncc4)ccc23)cn1. The summed E-state index contributed by atoms with van der Waals surface area (Å²) in [5, 5.41) is 9.30. The normalized spacial score (nSPS) is 11.0. The monoisotopic (exact) mass is 334 g/mol. The van der Waals surface area contributed by atoms with Crippen molar-refractivity contribution < 1.29 is 0 Å². The Morgan fingerprint density at radius 3 is 2.58 bits per heavy atom. The van der Waals surface area contributed by atoms with E-state index in [-0.39, 0.29) is 0 Å². The predicted octanol–water partition coefficient (Wildman–Crippen LogP) is 4.46. The van der Waals surface area contributed by atoms with Crippen molar-refractivity contribution in [1.29, 1.82) is 0 Å². The molecule has 0 aliphatic heterocycles. The van der Waals surface area contributed by atoms with Crippen molar-refractivity contribution in [2.24, 2.45) is 0 Å². The van der Waals surface area contributed by atoms with E-state index in [1.165, 1.54) is 0 Å². The Morgan fingerprint density at radius 2 is 1.79 bits per heavy atom. The second-order valence-corrected chi connectivity index (χ2v) is 6.04. The number of hydrogen-bond donors (Lipinski definition) is 1. The first-order valence-corrected chi connectivity index (χ1v) is 8.15. The lowest BCUT2D eigenvalue weighted by atomic mass is 10.0. The molecule has 4 rings (SSSR count). The summed E-state index contributed by atoms with van der Waals surface area (Å²) in [6.45, 7) is 0. The maximum atomic E-state index is 5.82. The summed E-state index contributed by atoms with van der Waals surface area (Å²) >= 11 is 5.82. The van der Waals surface area contributed by atoms with Gasteiger partial charge in [0.05, 0.1) is 11.2 Å². The highest BCUT2D eigenvalue weighted by Crippen LogP contribution is 2.25. The number of aryl methyl sites for hydroxylation is 2. The fourth-order valence-electron chi connectivity index (χ4n) is 2.81. The summed E-state index contributed by atoms with van der Waals surface area (Å²) in [4.78, 5) is 8.18. The molecule has 1 N–H and O–H groups in total. The standard InChI is InChI=1S/C19H15ClN4/c20-19-6-2-13(12-22-19)1-5-17-16-4-3-15(11-18(16)24-23-17)14-7-9-21-10-8-14/h2-4,6-12H,1,5H2,(H,23,24). The van der Waals surface area contributed by atoms with Crippen molar-refractivity contribution in [3.05, 3.63) is 77.5 Å². The Kier molecular flexibility index (Phi) is 3.97. The van der Waals surface area contributed by atoms with Gasteiger partial charge in [0, 0.05) is 24.0 Å². The van der Waals surface area contributed by atoms with E-state index in [4.69, 9.17) is 11.6 Å². The van der Waals surface area contributed by atoms with Crippen LogP contribution in [0.1, 0.15) is 11.3 Å². The Hall–Kier alpha value is -2.72. The van der Waals surface area contributed by atoms with Gasteiger partial charge in [-0.05, 0) is 53.8 Å². The van der Waals surface area contributed by atoms with Gasteiger partial charge in [0.2, 0.25) is 0 Å². The highest BCUT2D eigenvalue weighted by Gasteiger charge is 2.08. The Balaban J connectivity index is 1.58. The molecule has 0 unspecified atom stereocenters. The van der Waals surface area contributed by atoms with E-state index < -0.39 is 0 Å². The lowest BCUT2D eigenvalue weighted by molar-refractivity contribution is 0.895. The Morgan fingerprint density at radius 1 is 0.917 bits per heavy atom. The molecule has 118 valence electrons. The molecule has 0 atom stereocenters. The molecule has 24 heavy (non-hydrogen) atoms. The summed E-state index contributed by atoms with van der Waals surface area (Å²) in [6.07, 6.45) is 7.17. The lowest BCUT2D eigenvalue weighted by Crippen LogP contribution is -1.93. The van der Waals surface area contributed by atoms with Crippen molar-refractivity contribution in [2.75, 3.05) is 0 Å². The maximum Gasteiger partial charge on any atom is 0.129 e. The number of halogens is 1. The fourth-order valence-corrected chi connectivity index (χ4v) is 2.92. The molecule has 0 radical (unpaired) electrons. The first-order valence-electron chi connectivity index (χ1n) is 7.77. The summed E-state index contributed by atoms with van der Waals surface area (Å²) in [5.74, 6) is 0. The number of benzene rings is 1. The van der Waals surface area contributed by atoms with Crippen LogP contribution in [-0.4, -0.2) is 20.2 Å². The van der Waals surface area contributed by atoms with E-state index in [1.807, 2.05) is 30.5 Å². The minimum absolute atomic E-state index is 0.521. The quantitative estimate of drug-likeness (QED) is 0.561. The van der Waals surface area contributed by atoms with Gasteiger partial charge in [0.25, 0.3) is 0 Å². The Labute approximate surface area is 144 Å². The van der Waals surface area contributed by atoms with Crippen LogP contribution in [-0.2, 0) is 12.8 Å². The van der Waals surface area contributed by atoms with Crippen molar-refractivity contribution in [3.8, 4) is 11.1 Å². The number of rotatable bonds is 4. The summed E-state index contributed by atoms with van der Waals surface area (Å²) in [6, 6.07) is 14.2. The molecule has 0 aliphatic rings. The first-order chi connectivity index (χ1) is 11.8. The van der Waals surface area contributed by atoms with Gasteiger partial charge in [-0.25, -0.2) is 4.98 Å². The molecule has 0 saturated heterocycles. The summed E-state index contributed by atoms with van der Waals surface area (Å²) < 4.78 is 0. The second kappa shape index (κ2) is 6.42. The number of nitrogens with zero attached hydrogens (tertiary/aromatic N) is 3. The summed E-state index contributed by atoms with van der Waals surface area (Å²) in [7, 11) is 0. The molecule has 0 saturated carbocycles. The van der Waals surface area contributed by atoms with Crippen LogP contribution in [0.5, 0.6) is 0 Å². The number of nitrogens with one attached hydrogen (secondary N) is 1. The van der Waals surface area contributed by atoms with E-state index in [9.17, 15) is 0 Å². The molecule has 0 fully saturated rings. The average molecular weight is 335 g/mol. The summed E-state index contributed by atoms with van der Waals surface area (Å²) in [5.41, 5.74) is 5.58. The van der Waals surface area contributed by atoms with Gasteiger partial charge in [-0.1, -0.05) is 29.8 Å². The molecular formula is C19H15ClN4. The van der Waals surface area contributed by atoms with Crippen LogP contribution in [0.2, 0.25) is 5.15 Å². The number of hydrogen-bond acceptors (Lipinski definition) is 3. The number of aromatic nitrogens is 4. The number of pyridine rings is 2. The van der Waals surface area contributed by atoms with E-state index in [1.54, 1.807) is 12.4 Å². The molecule has 3 heterocycles. The van der Waals surface area contributed by atoms with Gasteiger partial charge < -0.3 is 0 Å². The highest BCUT2D eigenvalue weighted by atomic mass is 35.5. The molecule has 5 heteroatoms. The van der Waals surface area contributed by atoms with Crippen LogP contribution in [0.15, 0.2) is 61.1 Å². The van der Waals surface area contributed by atoms with E-state index >= 15 is 0 Å². The number of H-pyrrole nitrogens is 1. The van der Waals surface area contributed by atoms with Gasteiger partial charge in [-0.2, -0.15) is 5.10 Å². The molecule has 0 spiro atoms. The largest absolute Gasteiger partial charge is 0.278 e. The molecule has 0 amide bonds. The van der Waals surface area contributed by atoms with Crippen LogP contribution < -0.4 is 0 Å². The molecule has 1 aromatic carbocycles. The van der Waals surface area contributed by atoms with Crippen molar-refractivity contribution in [3.63, 3.8) is 0 Å². The molecule has 4 aromatic rings. The molecular weight excluding hydrogens is 320 g/mol. The van der Waals surface area contributed by atoms with E-state index in [0.717, 1.165) is 46.1 Å². The van der Waals surface area contributed by atoms with Crippen molar-refractivity contribution >= 4 is 22.5 Å². The van der Waals surface area contributed by atoms with Crippen LogP contribution in [0, 0.1) is 0 Å². The third-order valence-electron chi connectivity index (χ3n) is 4.09. The van der Waals surface area contributed by atoms with Crippen LogP contribution in [0.4, 0.5) is 0 Å². The smallest absolute Gasteiger partial charge is 0.129 e. The van der Waals surface area contributed by atoms with Gasteiger partial charge in [-0.3, -0.25) is 10.1 Å². The fraction of sp³-hybridized carbons (Fsp3) is 0.105. The topological polar surface area (TPSA) is 54.5 Å². The van der Waals surface area contributed by atoms with E-state index in [2.05, 4.69) is 38.4 Å². The first kappa shape index (κ1) is 14.8. The molecule has 3 aromatic heterocycles. The number of fused-ring (bicyclic) bond motifs is 1. The minimum atomic E-state index is 0.521. The van der Waals surface area contributed by atoms with Crippen molar-refractivity contribution in [2.45, 2.75) is 12.8 Å². The van der Waals surface area contributed by atoms with Crippen LogP contribution >= 0.6 is 11.6 Å².